The number of rotatable bonds is 5. The first-order valence-corrected chi connectivity index (χ1v) is 10.6. The number of ether oxygens (including phenoxy) is 2. The number of hydrogen-bond donors (Lipinski definition) is 1. The Morgan fingerprint density at radius 3 is 1.59 bits per heavy atom. The van der Waals surface area contributed by atoms with Gasteiger partial charge in [-0.2, -0.15) is 0 Å². The lowest BCUT2D eigenvalue weighted by atomic mass is 9.84. The van der Waals surface area contributed by atoms with E-state index in [-0.39, 0.29) is 11.7 Å². The van der Waals surface area contributed by atoms with Crippen LogP contribution >= 0.6 is 0 Å². The molecule has 0 saturated heterocycles. The third-order valence-electron chi connectivity index (χ3n) is 6.31. The van der Waals surface area contributed by atoms with Crippen LogP contribution in [0, 0.1) is 0 Å². The maximum atomic E-state index is 10.5. The van der Waals surface area contributed by atoms with Crippen LogP contribution in [-0.2, 0) is 14.1 Å². The molecule has 0 aliphatic carbocycles. The molecular formula is C27H26N2O3. The number of aromatic hydroxyl groups is 1. The van der Waals surface area contributed by atoms with E-state index < -0.39 is 0 Å². The standard InChI is InChI=1S/C27H26N2O3/c1-28-15-20(18-9-5-7-11-22(18)28)26(17-13-24(31-3)27(30)25(14-17)32-4)21-16-29(2)23-12-8-6-10-19(21)23/h5-16,26,30H,1-4H3. The summed E-state index contributed by atoms with van der Waals surface area (Å²) in [6.07, 6.45) is 4.39. The smallest absolute Gasteiger partial charge is 0.200 e. The minimum Gasteiger partial charge on any atom is -0.502 e. The SMILES string of the molecule is COc1cc(C(c2cn(C)c3ccccc23)c2cn(C)c3ccccc23)cc(OC)c1O. The highest BCUT2D eigenvalue weighted by Gasteiger charge is 2.27. The Morgan fingerprint density at radius 2 is 1.16 bits per heavy atom. The first-order valence-electron chi connectivity index (χ1n) is 10.6. The van der Waals surface area contributed by atoms with Crippen LogP contribution in [0.3, 0.4) is 0 Å². The number of aryl methyl sites for hydroxylation is 2. The first-order chi connectivity index (χ1) is 15.5. The number of fused-ring (bicyclic) bond motifs is 2. The summed E-state index contributed by atoms with van der Waals surface area (Å²) >= 11 is 0. The van der Waals surface area contributed by atoms with E-state index in [2.05, 4.69) is 84.2 Å². The van der Waals surface area contributed by atoms with Crippen LogP contribution in [0.4, 0.5) is 0 Å². The second-order valence-corrected chi connectivity index (χ2v) is 8.13. The zero-order valence-corrected chi connectivity index (χ0v) is 18.7. The van der Waals surface area contributed by atoms with Gasteiger partial charge in [0.1, 0.15) is 0 Å². The number of hydrogen-bond acceptors (Lipinski definition) is 3. The predicted octanol–water partition coefficient (Wildman–Crippen LogP) is 5.57. The van der Waals surface area contributed by atoms with Gasteiger partial charge in [0.05, 0.1) is 14.2 Å². The molecule has 0 fully saturated rings. The molecule has 3 aromatic carbocycles. The van der Waals surface area contributed by atoms with E-state index in [4.69, 9.17) is 9.47 Å². The molecule has 0 unspecified atom stereocenters. The summed E-state index contributed by atoms with van der Waals surface area (Å²) in [6, 6.07) is 20.7. The molecule has 2 aromatic heterocycles. The van der Waals surface area contributed by atoms with Crippen molar-refractivity contribution in [2.45, 2.75) is 5.92 Å². The number of phenolic OH excluding ortho intramolecular Hbond substituents is 1. The lowest BCUT2D eigenvalue weighted by Gasteiger charge is -2.20. The molecule has 0 saturated carbocycles. The van der Waals surface area contributed by atoms with Crippen molar-refractivity contribution < 1.29 is 14.6 Å². The lowest BCUT2D eigenvalue weighted by molar-refractivity contribution is 0.339. The van der Waals surface area contributed by atoms with Crippen LogP contribution in [0.1, 0.15) is 22.6 Å². The molecule has 32 heavy (non-hydrogen) atoms. The summed E-state index contributed by atoms with van der Waals surface area (Å²) in [5.41, 5.74) is 5.71. The van der Waals surface area contributed by atoms with Crippen molar-refractivity contribution in [2.75, 3.05) is 14.2 Å². The molecule has 5 rings (SSSR count). The zero-order valence-electron chi connectivity index (χ0n) is 18.7. The molecule has 5 heteroatoms. The molecule has 5 nitrogen and oxygen atoms in total. The Kier molecular flexibility index (Phi) is 4.82. The van der Waals surface area contributed by atoms with Crippen molar-refractivity contribution in [3.8, 4) is 17.2 Å². The van der Waals surface area contributed by atoms with Crippen LogP contribution in [0.15, 0.2) is 73.1 Å². The van der Waals surface area contributed by atoms with Crippen molar-refractivity contribution in [1.82, 2.24) is 9.13 Å². The molecule has 0 bridgehead atoms. The van der Waals surface area contributed by atoms with Gasteiger partial charge < -0.3 is 23.7 Å². The molecule has 0 radical (unpaired) electrons. The quantitative estimate of drug-likeness (QED) is 0.400. The zero-order chi connectivity index (χ0) is 22.4. The minimum absolute atomic E-state index is 0.00772. The van der Waals surface area contributed by atoms with Crippen molar-refractivity contribution in [3.63, 3.8) is 0 Å². The van der Waals surface area contributed by atoms with E-state index in [1.807, 2.05) is 12.1 Å². The normalized spacial score (nSPS) is 11.5. The van der Waals surface area contributed by atoms with Gasteiger partial charge in [-0.25, -0.2) is 0 Å². The number of phenols is 1. The molecule has 0 aliphatic rings. The summed E-state index contributed by atoms with van der Waals surface area (Å²) < 4.78 is 15.3. The Hall–Kier alpha value is -3.86. The highest BCUT2D eigenvalue weighted by Crippen LogP contribution is 2.45. The molecule has 2 heterocycles. The molecule has 1 N–H and O–H groups in total. The van der Waals surface area contributed by atoms with E-state index in [9.17, 15) is 5.11 Å². The van der Waals surface area contributed by atoms with Crippen molar-refractivity contribution in [3.05, 3.63) is 89.7 Å². The maximum Gasteiger partial charge on any atom is 0.200 e. The van der Waals surface area contributed by atoms with E-state index in [1.54, 1.807) is 14.2 Å². The third-order valence-corrected chi connectivity index (χ3v) is 6.31. The van der Waals surface area contributed by atoms with Crippen molar-refractivity contribution >= 4 is 21.8 Å². The molecule has 162 valence electrons. The monoisotopic (exact) mass is 426 g/mol. The Bertz CT molecular complexity index is 1340. The number of nitrogens with zero attached hydrogens (tertiary/aromatic N) is 2. The fourth-order valence-electron chi connectivity index (χ4n) is 4.81. The van der Waals surface area contributed by atoms with Gasteiger partial charge in [-0.05, 0) is 41.0 Å². The van der Waals surface area contributed by atoms with Crippen molar-refractivity contribution in [1.29, 1.82) is 0 Å². The minimum atomic E-state index is -0.0874. The molecule has 0 amide bonds. The highest BCUT2D eigenvalue weighted by atomic mass is 16.5. The van der Waals surface area contributed by atoms with Crippen LogP contribution in [0.2, 0.25) is 0 Å². The lowest BCUT2D eigenvalue weighted by Crippen LogP contribution is -2.04. The fourth-order valence-corrected chi connectivity index (χ4v) is 4.81. The first kappa shape index (κ1) is 20.1. The second-order valence-electron chi connectivity index (χ2n) is 8.13. The van der Waals surface area contributed by atoms with E-state index >= 15 is 0 Å². The van der Waals surface area contributed by atoms with Gasteiger partial charge in [0.2, 0.25) is 5.75 Å². The molecular weight excluding hydrogens is 400 g/mol. The van der Waals surface area contributed by atoms with Crippen molar-refractivity contribution in [2.24, 2.45) is 14.1 Å². The largest absolute Gasteiger partial charge is 0.502 e. The molecule has 0 aliphatic heterocycles. The topological polar surface area (TPSA) is 48.5 Å². The summed E-state index contributed by atoms with van der Waals surface area (Å²) in [5.74, 6) is 0.707. The predicted molar refractivity (Wildman–Crippen MR) is 128 cm³/mol. The second kappa shape index (κ2) is 7.68. The number of benzene rings is 3. The van der Waals surface area contributed by atoms with Gasteiger partial charge in [0.15, 0.2) is 11.5 Å². The Labute approximate surface area is 187 Å². The van der Waals surface area contributed by atoms with Gasteiger partial charge >= 0.3 is 0 Å². The summed E-state index contributed by atoms with van der Waals surface area (Å²) in [4.78, 5) is 0. The van der Waals surface area contributed by atoms with Crippen LogP contribution < -0.4 is 9.47 Å². The van der Waals surface area contributed by atoms with Crippen LogP contribution in [-0.4, -0.2) is 28.5 Å². The van der Waals surface area contributed by atoms with E-state index in [0.717, 1.165) is 5.56 Å². The van der Waals surface area contributed by atoms with Crippen LogP contribution in [0.5, 0.6) is 17.2 Å². The van der Waals surface area contributed by atoms with E-state index in [0.29, 0.717) is 11.5 Å². The Morgan fingerprint density at radius 1 is 0.719 bits per heavy atom. The average molecular weight is 427 g/mol. The number of aromatic nitrogens is 2. The maximum absolute atomic E-state index is 10.5. The number of methoxy groups -OCH3 is 2. The highest BCUT2D eigenvalue weighted by molar-refractivity contribution is 5.90. The molecule has 0 atom stereocenters. The van der Waals surface area contributed by atoms with Gasteiger partial charge in [-0.1, -0.05) is 36.4 Å². The van der Waals surface area contributed by atoms with Gasteiger partial charge in [-0.15, -0.1) is 0 Å². The molecule has 5 aromatic rings. The summed E-state index contributed by atoms with van der Waals surface area (Å²) in [5, 5.41) is 12.9. The van der Waals surface area contributed by atoms with Gasteiger partial charge in [0.25, 0.3) is 0 Å². The Balaban J connectivity index is 1.87. The summed E-state index contributed by atoms with van der Waals surface area (Å²) in [7, 11) is 7.26. The van der Waals surface area contributed by atoms with E-state index in [1.165, 1.54) is 32.9 Å². The number of para-hydroxylation sites is 2. The average Bonchev–Trinajstić information content (AvgIpc) is 3.32. The fraction of sp³-hybridized carbons (Fsp3) is 0.185. The van der Waals surface area contributed by atoms with Crippen LogP contribution in [0.25, 0.3) is 21.8 Å². The third kappa shape index (κ3) is 3.01. The molecule has 0 spiro atoms. The van der Waals surface area contributed by atoms with Gasteiger partial charge in [0, 0.05) is 54.2 Å². The summed E-state index contributed by atoms with van der Waals surface area (Å²) in [6.45, 7) is 0. The van der Waals surface area contributed by atoms with Gasteiger partial charge in [-0.3, -0.25) is 0 Å².